The number of hydrogen-bond donors (Lipinski definition) is 2. The number of nitrogens with zero attached hydrogens (tertiary/aromatic N) is 2. The standard InChI is InChI=1S/C29H44N4O5/c1-10-33-18-24(32-26(33)19(2)30-20(3)34)22-13-11-21(12-14-22)17-23(31-27(36)38-29(7,8)9)15-16-25(35)37-28(4,5)6/h11-14,18-19,23H,10,15-17H2,1-9H3,(H,30,34)(H,31,36)/t19-,23-/m1/s1. The third-order valence-corrected chi connectivity index (χ3v) is 5.52. The highest BCUT2D eigenvalue weighted by Gasteiger charge is 2.23. The molecule has 0 spiro atoms. The van der Waals surface area contributed by atoms with E-state index < -0.39 is 17.3 Å². The lowest BCUT2D eigenvalue weighted by atomic mass is 10.00. The van der Waals surface area contributed by atoms with E-state index in [2.05, 4.69) is 10.6 Å². The number of aryl methyl sites for hydroxylation is 1. The number of carbonyl (C=O) groups excluding carboxylic acids is 3. The fraction of sp³-hybridized carbons (Fsp3) is 0.586. The van der Waals surface area contributed by atoms with Crippen LogP contribution in [0, 0.1) is 0 Å². The van der Waals surface area contributed by atoms with Gasteiger partial charge in [0.25, 0.3) is 0 Å². The molecule has 2 aromatic rings. The van der Waals surface area contributed by atoms with E-state index in [1.807, 2.05) is 90.4 Å². The average Bonchev–Trinajstić information content (AvgIpc) is 3.20. The first-order valence-electron chi connectivity index (χ1n) is 13.2. The van der Waals surface area contributed by atoms with E-state index in [1.54, 1.807) is 0 Å². The van der Waals surface area contributed by atoms with Crippen molar-refractivity contribution in [2.45, 2.75) is 111 Å². The van der Waals surface area contributed by atoms with Gasteiger partial charge in [-0.3, -0.25) is 9.59 Å². The molecule has 0 saturated carbocycles. The zero-order valence-electron chi connectivity index (χ0n) is 24.3. The van der Waals surface area contributed by atoms with Crippen molar-refractivity contribution in [3.8, 4) is 11.3 Å². The van der Waals surface area contributed by atoms with Gasteiger partial charge in [-0.1, -0.05) is 24.3 Å². The zero-order valence-corrected chi connectivity index (χ0v) is 24.3. The number of rotatable bonds is 10. The number of amides is 2. The topological polar surface area (TPSA) is 112 Å². The summed E-state index contributed by atoms with van der Waals surface area (Å²) in [7, 11) is 0. The number of hydrogen-bond acceptors (Lipinski definition) is 6. The Kier molecular flexibility index (Phi) is 10.5. The summed E-state index contributed by atoms with van der Waals surface area (Å²) in [5.41, 5.74) is 1.58. The fourth-order valence-corrected chi connectivity index (χ4v) is 4.02. The van der Waals surface area contributed by atoms with E-state index in [-0.39, 0.29) is 30.4 Å². The van der Waals surface area contributed by atoms with Gasteiger partial charge in [0, 0.05) is 37.7 Å². The highest BCUT2D eigenvalue weighted by atomic mass is 16.6. The molecule has 38 heavy (non-hydrogen) atoms. The Morgan fingerprint density at radius 2 is 1.58 bits per heavy atom. The summed E-state index contributed by atoms with van der Waals surface area (Å²) in [4.78, 5) is 41.0. The van der Waals surface area contributed by atoms with Crippen LogP contribution in [0.5, 0.6) is 0 Å². The van der Waals surface area contributed by atoms with Crippen LogP contribution in [0.15, 0.2) is 30.5 Å². The Hall–Kier alpha value is -3.36. The molecule has 0 saturated heterocycles. The Morgan fingerprint density at radius 1 is 0.974 bits per heavy atom. The second-order valence-corrected chi connectivity index (χ2v) is 11.6. The first-order valence-corrected chi connectivity index (χ1v) is 13.2. The molecule has 1 aromatic carbocycles. The van der Waals surface area contributed by atoms with Gasteiger partial charge < -0.3 is 24.7 Å². The molecule has 0 unspecified atom stereocenters. The lowest BCUT2D eigenvalue weighted by molar-refractivity contribution is -0.155. The number of nitrogens with one attached hydrogen (secondary N) is 2. The number of carbonyl (C=O) groups is 3. The Morgan fingerprint density at radius 3 is 2.11 bits per heavy atom. The summed E-state index contributed by atoms with van der Waals surface area (Å²) in [5.74, 6) is 0.389. The summed E-state index contributed by atoms with van der Waals surface area (Å²) in [5, 5.41) is 5.80. The third kappa shape index (κ3) is 10.6. The number of esters is 1. The van der Waals surface area contributed by atoms with Crippen molar-refractivity contribution in [1.82, 2.24) is 20.2 Å². The van der Waals surface area contributed by atoms with Gasteiger partial charge in [-0.2, -0.15) is 0 Å². The molecule has 0 bridgehead atoms. The van der Waals surface area contributed by atoms with Crippen LogP contribution in [0.25, 0.3) is 11.3 Å². The molecule has 9 nitrogen and oxygen atoms in total. The quantitative estimate of drug-likeness (QED) is 0.404. The zero-order chi connectivity index (χ0) is 28.7. The first-order chi connectivity index (χ1) is 17.6. The average molecular weight is 529 g/mol. The number of benzene rings is 1. The molecular weight excluding hydrogens is 484 g/mol. The van der Waals surface area contributed by atoms with E-state index in [9.17, 15) is 14.4 Å². The molecule has 2 rings (SSSR count). The van der Waals surface area contributed by atoms with Gasteiger partial charge in [0.2, 0.25) is 5.91 Å². The van der Waals surface area contributed by atoms with Crippen LogP contribution < -0.4 is 10.6 Å². The molecule has 0 aliphatic rings. The van der Waals surface area contributed by atoms with Crippen molar-refractivity contribution in [3.63, 3.8) is 0 Å². The molecule has 210 valence electrons. The number of ether oxygens (including phenoxy) is 2. The molecule has 9 heteroatoms. The number of alkyl carbamates (subject to hydrolysis) is 1. The van der Waals surface area contributed by atoms with Crippen LogP contribution in [0.4, 0.5) is 4.79 Å². The smallest absolute Gasteiger partial charge is 0.407 e. The fourth-order valence-electron chi connectivity index (χ4n) is 4.02. The van der Waals surface area contributed by atoms with Gasteiger partial charge >= 0.3 is 12.1 Å². The molecule has 0 fully saturated rings. The maximum Gasteiger partial charge on any atom is 0.407 e. The van der Waals surface area contributed by atoms with Crippen molar-refractivity contribution in [2.75, 3.05) is 0 Å². The highest BCUT2D eigenvalue weighted by molar-refractivity contribution is 5.73. The molecule has 0 aliphatic carbocycles. The van der Waals surface area contributed by atoms with Gasteiger partial charge in [-0.25, -0.2) is 9.78 Å². The minimum atomic E-state index is -0.625. The van der Waals surface area contributed by atoms with Crippen LogP contribution >= 0.6 is 0 Å². The van der Waals surface area contributed by atoms with Crippen LogP contribution in [-0.4, -0.2) is 44.8 Å². The van der Waals surface area contributed by atoms with Gasteiger partial charge in [-0.05, 0) is 73.8 Å². The van der Waals surface area contributed by atoms with Gasteiger partial charge in [0.05, 0.1) is 11.7 Å². The van der Waals surface area contributed by atoms with Gasteiger partial charge in [0.15, 0.2) is 0 Å². The third-order valence-electron chi connectivity index (χ3n) is 5.52. The summed E-state index contributed by atoms with van der Waals surface area (Å²) >= 11 is 0. The summed E-state index contributed by atoms with van der Waals surface area (Å²) in [6, 6.07) is 7.45. The lowest BCUT2D eigenvalue weighted by Gasteiger charge is -2.24. The SMILES string of the molecule is CCn1cc(-c2ccc(C[C@@H](CCC(=O)OC(C)(C)C)NC(=O)OC(C)(C)C)cc2)nc1[C@@H](C)NC(C)=O. The normalized spacial score (nSPS) is 13.4. The van der Waals surface area contributed by atoms with Crippen molar-refractivity contribution in [2.24, 2.45) is 0 Å². The maximum absolute atomic E-state index is 12.5. The molecule has 0 aliphatic heterocycles. The highest BCUT2D eigenvalue weighted by Crippen LogP contribution is 2.23. The molecule has 2 N–H and O–H groups in total. The van der Waals surface area contributed by atoms with Crippen molar-refractivity contribution in [3.05, 3.63) is 41.9 Å². The van der Waals surface area contributed by atoms with Crippen LogP contribution in [0.3, 0.4) is 0 Å². The lowest BCUT2D eigenvalue weighted by Crippen LogP contribution is -2.40. The second kappa shape index (κ2) is 12.9. The molecular formula is C29H44N4O5. The summed E-state index contributed by atoms with van der Waals surface area (Å²) in [6.45, 7) is 17.1. The molecule has 2 atom stereocenters. The van der Waals surface area contributed by atoms with Gasteiger partial charge in [0.1, 0.15) is 17.0 Å². The Labute approximate surface area is 226 Å². The van der Waals surface area contributed by atoms with E-state index in [4.69, 9.17) is 14.5 Å². The number of imidazole rings is 1. The molecule has 1 aromatic heterocycles. The first kappa shape index (κ1) is 30.9. The summed E-state index contributed by atoms with van der Waals surface area (Å²) < 4.78 is 12.9. The predicted octanol–water partition coefficient (Wildman–Crippen LogP) is 5.32. The Bertz CT molecular complexity index is 1090. The maximum atomic E-state index is 12.5. The van der Waals surface area contributed by atoms with Crippen LogP contribution in [0.1, 0.15) is 92.6 Å². The number of aromatic nitrogens is 2. The molecule has 2 amide bonds. The minimum absolute atomic E-state index is 0.102. The van der Waals surface area contributed by atoms with E-state index >= 15 is 0 Å². The summed E-state index contributed by atoms with van der Waals surface area (Å²) in [6.07, 6.45) is 2.59. The van der Waals surface area contributed by atoms with Crippen molar-refractivity contribution >= 4 is 18.0 Å². The monoisotopic (exact) mass is 528 g/mol. The Balaban J connectivity index is 2.17. The molecule has 1 heterocycles. The largest absolute Gasteiger partial charge is 0.460 e. The van der Waals surface area contributed by atoms with E-state index in [0.29, 0.717) is 12.8 Å². The van der Waals surface area contributed by atoms with Crippen LogP contribution in [-0.2, 0) is 32.0 Å². The van der Waals surface area contributed by atoms with Gasteiger partial charge in [-0.15, -0.1) is 0 Å². The van der Waals surface area contributed by atoms with E-state index in [0.717, 1.165) is 29.2 Å². The van der Waals surface area contributed by atoms with Crippen LogP contribution in [0.2, 0.25) is 0 Å². The molecule has 0 radical (unpaired) electrons. The van der Waals surface area contributed by atoms with Crippen molar-refractivity contribution < 1.29 is 23.9 Å². The van der Waals surface area contributed by atoms with Crippen molar-refractivity contribution in [1.29, 1.82) is 0 Å². The predicted molar refractivity (Wildman–Crippen MR) is 148 cm³/mol. The van der Waals surface area contributed by atoms with E-state index in [1.165, 1.54) is 6.92 Å². The minimum Gasteiger partial charge on any atom is -0.460 e. The second-order valence-electron chi connectivity index (χ2n) is 11.6.